The Morgan fingerprint density at radius 3 is 2.60 bits per heavy atom. The minimum Gasteiger partial charge on any atom is -0.292 e. The lowest BCUT2D eigenvalue weighted by molar-refractivity contribution is 1.00. The molecule has 128 valence electrons. The standard InChI is InChI=1S/C20H20ClN3S/c1-12-5-4-10-22-17-11-23-19(15-6-8-16(21)9-7-15)18-13(2)14(3)25-20(18)24(12)17/h5-9H,4,10-11H2,1-3H3. The van der Waals surface area contributed by atoms with E-state index < -0.39 is 0 Å². The highest BCUT2D eigenvalue weighted by Gasteiger charge is 2.29. The second kappa shape index (κ2) is 6.43. The van der Waals surface area contributed by atoms with Crippen LogP contribution in [0.2, 0.25) is 5.02 Å². The van der Waals surface area contributed by atoms with Crippen LogP contribution < -0.4 is 4.90 Å². The third kappa shape index (κ3) is 2.83. The highest BCUT2D eigenvalue weighted by atomic mass is 35.5. The van der Waals surface area contributed by atoms with Crippen LogP contribution in [0, 0.1) is 13.8 Å². The van der Waals surface area contributed by atoms with Crippen molar-refractivity contribution < 1.29 is 0 Å². The summed E-state index contributed by atoms with van der Waals surface area (Å²) in [5.41, 5.74) is 5.91. The molecule has 0 bridgehead atoms. The van der Waals surface area contributed by atoms with Crippen molar-refractivity contribution in [2.45, 2.75) is 27.2 Å². The number of hydrogen-bond acceptors (Lipinski definition) is 4. The summed E-state index contributed by atoms with van der Waals surface area (Å²) in [6.07, 6.45) is 3.26. The molecule has 2 aliphatic heterocycles. The van der Waals surface area contributed by atoms with Crippen LogP contribution in [0.3, 0.4) is 0 Å². The smallest absolute Gasteiger partial charge is 0.130 e. The molecule has 0 N–H and O–H groups in total. The Morgan fingerprint density at radius 1 is 1.08 bits per heavy atom. The van der Waals surface area contributed by atoms with E-state index in [1.807, 2.05) is 23.5 Å². The van der Waals surface area contributed by atoms with E-state index in [0.717, 1.165) is 35.1 Å². The van der Waals surface area contributed by atoms with Gasteiger partial charge in [0.1, 0.15) is 10.8 Å². The van der Waals surface area contributed by atoms with Crippen molar-refractivity contribution in [3.63, 3.8) is 0 Å². The summed E-state index contributed by atoms with van der Waals surface area (Å²) in [6.45, 7) is 7.97. The third-order valence-electron chi connectivity index (χ3n) is 4.78. The number of allylic oxidation sites excluding steroid dienone is 1. The molecule has 0 amide bonds. The maximum absolute atomic E-state index is 6.08. The van der Waals surface area contributed by atoms with Crippen LogP contribution in [-0.2, 0) is 0 Å². The van der Waals surface area contributed by atoms with E-state index in [4.69, 9.17) is 21.6 Å². The van der Waals surface area contributed by atoms with Gasteiger partial charge in [-0.2, -0.15) is 0 Å². The van der Waals surface area contributed by atoms with Crippen molar-refractivity contribution in [1.29, 1.82) is 0 Å². The van der Waals surface area contributed by atoms with Crippen molar-refractivity contribution in [2.24, 2.45) is 9.98 Å². The van der Waals surface area contributed by atoms with Gasteiger partial charge < -0.3 is 0 Å². The lowest BCUT2D eigenvalue weighted by Crippen LogP contribution is -2.29. The number of thiophene rings is 1. The molecule has 1 aromatic heterocycles. The number of amidine groups is 1. The number of hydrogen-bond donors (Lipinski definition) is 0. The van der Waals surface area contributed by atoms with Crippen LogP contribution >= 0.6 is 22.9 Å². The third-order valence-corrected chi connectivity index (χ3v) is 6.22. The fraction of sp³-hybridized carbons (Fsp3) is 0.300. The first-order valence-corrected chi connectivity index (χ1v) is 9.66. The second-order valence-corrected chi connectivity index (χ2v) is 8.04. The van der Waals surface area contributed by atoms with Gasteiger partial charge >= 0.3 is 0 Å². The first kappa shape index (κ1) is 16.6. The van der Waals surface area contributed by atoms with Crippen LogP contribution in [0.1, 0.15) is 34.9 Å². The van der Waals surface area contributed by atoms with Gasteiger partial charge in [0.25, 0.3) is 0 Å². The van der Waals surface area contributed by atoms with Crippen LogP contribution in [-0.4, -0.2) is 24.6 Å². The molecule has 4 rings (SSSR count). The van der Waals surface area contributed by atoms with E-state index >= 15 is 0 Å². The summed E-state index contributed by atoms with van der Waals surface area (Å²) < 4.78 is 0. The highest BCUT2D eigenvalue weighted by molar-refractivity contribution is 7.17. The fourth-order valence-corrected chi connectivity index (χ4v) is 4.71. The zero-order valence-electron chi connectivity index (χ0n) is 14.6. The molecule has 0 unspecified atom stereocenters. The van der Waals surface area contributed by atoms with E-state index in [-0.39, 0.29) is 0 Å². The van der Waals surface area contributed by atoms with E-state index in [2.05, 4.69) is 43.9 Å². The van der Waals surface area contributed by atoms with E-state index in [1.165, 1.54) is 26.7 Å². The van der Waals surface area contributed by atoms with Gasteiger partial charge in [0.05, 0.1) is 12.3 Å². The summed E-state index contributed by atoms with van der Waals surface area (Å²) in [4.78, 5) is 13.4. The number of halogens is 1. The summed E-state index contributed by atoms with van der Waals surface area (Å²) in [7, 11) is 0. The first-order chi connectivity index (χ1) is 12.1. The Bertz CT molecular complexity index is 919. The molecule has 0 aliphatic carbocycles. The number of nitrogens with zero attached hydrogens (tertiary/aromatic N) is 3. The molecular formula is C20H20ClN3S. The minimum absolute atomic E-state index is 0.600. The van der Waals surface area contributed by atoms with Crippen molar-refractivity contribution in [1.82, 2.24) is 0 Å². The van der Waals surface area contributed by atoms with Crippen LogP contribution in [0.5, 0.6) is 0 Å². The summed E-state index contributed by atoms with van der Waals surface area (Å²) in [5.74, 6) is 1.04. The quantitative estimate of drug-likeness (QED) is 0.663. The predicted molar refractivity (Wildman–Crippen MR) is 109 cm³/mol. The van der Waals surface area contributed by atoms with Gasteiger partial charge in [-0.15, -0.1) is 11.3 Å². The molecule has 0 atom stereocenters. The summed E-state index contributed by atoms with van der Waals surface area (Å²) >= 11 is 7.91. The lowest BCUT2D eigenvalue weighted by atomic mass is 10.00. The molecule has 0 fully saturated rings. The molecule has 3 nitrogen and oxygen atoms in total. The Kier molecular flexibility index (Phi) is 4.26. The lowest BCUT2D eigenvalue weighted by Gasteiger charge is -2.23. The number of aliphatic imine (C=N–C) groups is 2. The molecular weight excluding hydrogens is 350 g/mol. The molecule has 5 heteroatoms. The van der Waals surface area contributed by atoms with Crippen molar-refractivity contribution in [3.8, 4) is 0 Å². The SMILES string of the molecule is CC1=CCCN=C2CN=C(c3ccc(Cl)cc3)c3c(sc(C)c3C)N12. The Hall–Kier alpha value is -1.91. The zero-order valence-corrected chi connectivity index (χ0v) is 16.2. The Labute approximate surface area is 157 Å². The topological polar surface area (TPSA) is 28.0 Å². The number of aryl methyl sites for hydroxylation is 1. The van der Waals surface area contributed by atoms with E-state index in [0.29, 0.717) is 6.54 Å². The number of benzene rings is 1. The van der Waals surface area contributed by atoms with E-state index in [1.54, 1.807) is 0 Å². The van der Waals surface area contributed by atoms with E-state index in [9.17, 15) is 0 Å². The maximum Gasteiger partial charge on any atom is 0.130 e. The van der Waals surface area contributed by atoms with Gasteiger partial charge in [0.2, 0.25) is 0 Å². The summed E-state index contributed by atoms with van der Waals surface area (Å²) in [6, 6.07) is 7.97. The minimum atomic E-state index is 0.600. The van der Waals surface area contributed by atoms with Gasteiger partial charge in [-0.25, -0.2) is 0 Å². The van der Waals surface area contributed by atoms with Gasteiger partial charge in [-0.05, 0) is 44.9 Å². The largest absolute Gasteiger partial charge is 0.292 e. The Balaban J connectivity index is 1.96. The maximum atomic E-state index is 6.08. The van der Waals surface area contributed by atoms with Gasteiger partial charge in [-0.3, -0.25) is 14.9 Å². The zero-order chi connectivity index (χ0) is 17.6. The normalized spacial score (nSPS) is 17.0. The Morgan fingerprint density at radius 2 is 1.84 bits per heavy atom. The van der Waals surface area contributed by atoms with Crippen LogP contribution in [0.25, 0.3) is 0 Å². The first-order valence-electron chi connectivity index (χ1n) is 8.47. The summed E-state index contributed by atoms with van der Waals surface area (Å²) in [5, 5.41) is 1.98. The molecule has 0 saturated heterocycles. The highest BCUT2D eigenvalue weighted by Crippen LogP contribution is 2.40. The van der Waals surface area contributed by atoms with Crippen molar-refractivity contribution in [2.75, 3.05) is 18.0 Å². The van der Waals surface area contributed by atoms with Crippen molar-refractivity contribution >= 4 is 39.5 Å². The van der Waals surface area contributed by atoms with Gasteiger partial charge in [-0.1, -0.05) is 29.8 Å². The molecule has 1 aromatic carbocycles. The van der Waals surface area contributed by atoms with Crippen LogP contribution in [0.15, 0.2) is 46.0 Å². The fourth-order valence-electron chi connectivity index (χ4n) is 3.35. The second-order valence-electron chi connectivity index (χ2n) is 6.40. The number of fused-ring (bicyclic) bond motifs is 3. The predicted octanol–water partition coefficient (Wildman–Crippen LogP) is 5.38. The monoisotopic (exact) mass is 369 g/mol. The molecule has 2 aliphatic rings. The molecule has 0 spiro atoms. The molecule has 0 saturated carbocycles. The number of anilines is 1. The van der Waals surface area contributed by atoms with Gasteiger partial charge in [0.15, 0.2) is 0 Å². The number of rotatable bonds is 1. The molecule has 3 heterocycles. The average Bonchev–Trinajstić information content (AvgIpc) is 2.75. The molecule has 25 heavy (non-hydrogen) atoms. The van der Waals surface area contributed by atoms with Crippen molar-refractivity contribution in [3.05, 3.63) is 62.6 Å². The molecule has 2 aromatic rings. The average molecular weight is 370 g/mol. The van der Waals surface area contributed by atoms with Gasteiger partial charge in [0, 0.05) is 33.3 Å². The van der Waals surface area contributed by atoms with Crippen LogP contribution in [0.4, 0.5) is 5.00 Å². The molecule has 0 radical (unpaired) electrons.